The van der Waals surface area contributed by atoms with E-state index in [4.69, 9.17) is 0 Å². The summed E-state index contributed by atoms with van der Waals surface area (Å²) in [5, 5.41) is 9.94. The van der Waals surface area contributed by atoms with Crippen molar-refractivity contribution in [1.82, 2.24) is 0 Å². The van der Waals surface area contributed by atoms with E-state index in [9.17, 15) is 5.11 Å². The van der Waals surface area contributed by atoms with Gasteiger partial charge >= 0.3 is 0 Å². The molecule has 1 heteroatoms. The molecule has 0 unspecified atom stereocenters. The first-order valence-electron chi connectivity index (χ1n) is 7.34. The SMILES string of the molecule is Cc1ccc(-c2ccc(O)c(C(C)C)c2)cc1C(C)C. The molecular weight excluding hydrogens is 244 g/mol. The van der Waals surface area contributed by atoms with Crippen LogP contribution < -0.4 is 0 Å². The van der Waals surface area contributed by atoms with Crippen molar-refractivity contribution in [2.24, 2.45) is 0 Å². The van der Waals surface area contributed by atoms with Crippen LogP contribution >= 0.6 is 0 Å². The predicted molar refractivity (Wildman–Crippen MR) is 86.5 cm³/mol. The Balaban J connectivity index is 2.52. The van der Waals surface area contributed by atoms with Crippen LogP contribution in [0.4, 0.5) is 0 Å². The molecule has 2 aromatic rings. The minimum absolute atomic E-state index is 0.324. The maximum atomic E-state index is 9.94. The Labute approximate surface area is 122 Å². The normalized spacial score (nSPS) is 11.3. The highest BCUT2D eigenvalue weighted by atomic mass is 16.3. The highest BCUT2D eigenvalue weighted by Gasteiger charge is 2.10. The molecule has 0 saturated carbocycles. The number of aromatic hydroxyl groups is 1. The van der Waals surface area contributed by atoms with Crippen molar-refractivity contribution < 1.29 is 5.11 Å². The molecule has 0 atom stereocenters. The van der Waals surface area contributed by atoms with E-state index in [0.29, 0.717) is 17.6 Å². The van der Waals surface area contributed by atoms with Crippen LogP contribution in [-0.4, -0.2) is 5.11 Å². The van der Waals surface area contributed by atoms with Crippen molar-refractivity contribution in [1.29, 1.82) is 0 Å². The van der Waals surface area contributed by atoms with Crippen molar-refractivity contribution >= 4 is 0 Å². The first-order valence-corrected chi connectivity index (χ1v) is 7.34. The lowest BCUT2D eigenvalue weighted by atomic mass is 9.91. The molecule has 0 saturated heterocycles. The van der Waals surface area contributed by atoms with Gasteiger partial charge < -0.3 is 5.11 Å². The molecule has 106 valence electrons. The fourth-order valence-corrected chi connectivity index (χ4v) is 2.64. The third-order valence-corrected chi connectivity index (χ3v) is 3.88. The zero-order valence-corrected chi connectivity index (χ0v) is 13.1. The summed E-state index contributed by atoms with van der Waals surface area (Å²) in [6.07, 6.45) is 0. The largest absolute Gasteiger partial charge is 0.508 e. The number of rotatable bonds is 3. The molecule has 0 heterocycles. The smallest absolute Gasteiger partial charge is 0.119 e. The molecule has 2 rings (SSSR count). The molecule has 2 aromatic carbocycles. The van der Waals surface area contributed by atoms with Crippen molar-refractivity contribution in [2.45, 2.75) is 46.5 Å². The lowest BCUT2D eigenvalue weighted by Gasteiger charge is -2.14. The van der Waals surface area contributed by atoms with Crippen LogP contribution in [0.25, 0.3) is 11.1 Å². The van der Waals surface area contributed by atoms with E-state index in [0.717, 1.165) is 5.56 Å². The molecule has 0 aliphatic heterocycles. The molecule has 0 amide bonds. The number of hydrogen-bond acceptors (Lipinski definition) is 1. The van der Waals surface area contributed by atoms with Crippen LogP contribution in [0.2, 0.25) is 0 Å². The summed E-state index contributed by atoms with van der Waals surface area (Å²) in [4.78, 5) is 0. The topological polar surface area (TPSA) is 20.2 Å². The van der Waals surface area contributed by atoms with Gasteiger partial charge in [0.15, 0.2) is 0 Å². The van der Waals surface area contributed by atoms with E-state index in [-0.39, 0.29) is 0 Å². The van der Waals surface area contributed by atoms with Gasteiger partial charge in [0.2, 0.25) is 0 Å². The number of benzene rings is 2. The van der Waals surface area contributed by atoms with Gasteiger partial charge in [0.1, 0.15) is 5.75 Å². The maximum absolute atomic E-state index is 9.94. The Morgan fingerprint density at radius 2 is 1.25 bits per heavy atom. The summed E-state index contributed by atoms with van der Waals surface area (Å²) >= 11 is 0. The second-order valence-electron chi connectivity index (χ2n) is 6.15. The zero-order chi connectivity index (χ0) is 14.9. The third-order valence-electron chi connectivity index (χ3n) is 3.88. The Bertz CT molecular complexity index is 554. The molecule has 0 fully saturated rings. The van der Waals surface area contributed by atoms with E-state index in [1.165, 1.54) is 22.3 Å². The highest BCUT2D eigenvalue weighted by Crippen LogP contribution is 2.32. The molecule has 0 bridgehead atoms. The van der Waals surface area contributed by atoms with E-state index >= 15 is 0 Å². The van der Waals surface area contributed by atoms with E-state index in [1.807, 2.05) is 6.07 Å². The van der Waals surface area contributed by atoms with Crippen LogP contribution in [0.3, 0.4) is 0 Å². The second-order valence-corrected chi connectivity index (χ2v) is 6.15. The molecule has 1 nitrogen and oxygen atoms in total. The van der Waals surface area contributed by atoms with Crippen molar-refractivity contribution in [3.8, 4) is 16.9 Å². The molecule has 1 N–H and O–H groups in total. The molecule has 0 spiro atoms. The number of hydrogen-bond donors (Lipinski definition) is 1. The summed E-state index contributed by atoms with van der Waals surface area (Å²) in [5.41, 5.74) is 6.14. The molecule has 20 heavy (non-hydrogen) atoms. The summed E-state index contributed by atoms with van der Waals surface area (Å²) in [6.45, 7) is 10.8. The van der Waals surface area contributed by atoms with E-state index < -0.39 is 0 Å². The Morgan fingerprint density at radius 3 is 1.80 bits per heavy atom. The maximum Gasteiger partial charge on any atom is 0.119 e. The lowest BCUT2D eigenvalue weighted by Crippen LogP contribution is -1.94. The Kier molecular flexibility index (Phi) is 4.17. The Morgan fingerprint density at radius 1 is 0.750 bits per heavy atom. The van der Waals surface area contributed by atoms with Crippen LogP contribution in [0.5, 0.6) is 5.75 Å². The van der Waals surface area contributed by atoms with Gasteiger partial charge in [0.25, 0.3) is 0 Å². The van der Waals surface area contributed by atoms with Crippen molar-refractivity contribution in [2.75, 3.05) is 0 Å². The summed E-state index contributed by atoms with van der Waals surface area (Å²) in [6, 6.07) is 12.5. The van der Waals surface area contributed by atoms with Crippen molar-refractivity contribution in [3.63, 3.8) is 0 Å². The van der Waals surface area contributed by atoms with Gasteiger partial charge in [-0.25, -0.2) is 0 Å². The summed E-state index contributed by atoms with van der Waals surface area (Å²) in [7, 11) is 0. The van der Waals surface area contributed by atoms with Gasteiger partial charge in [-0.1, -0.05) is 52.0 Å². The molecule has 0 aromatic heterocycles. The molecular formula is C19H24O. The summed E-state index contributed by atoms with van der Waals surface area (Å²) < 4.78 is 0. The fourth-order valence-electron chi connectivity index (χ4n) is 2.64. The molecule has 0 radical (unpaired) electrons. The molecule has 0 aliphatic rings. The standard InChI is InChI=1S/C19H24O/c1-12(2)17-10-15(7-6-14(17)5)16-8-9-19(20)18(11-16)13(3)4/h6-13,20H,1-5H3. The quantitative estimate of drug-likeness (QED) is 0.766. The highest BCUT2D eigenvalue weighted by molar-refractivity contribution is 5.67. The number of aryl methyl sites for hydroxylation is 1. The summed E-state index contributed by atoms with van der Waals surface area (Å²) in [5.74, 6) is 1.24. The minimum atomic E-state index is 0.324. The van der Waals surface area contributed by atoms with Gasteiger partial charge in [-0.05, 0) is 58.7 Å². The van der Waals surface area contributed by atoms with Crippen molar-refractivity contribution in [3.05, 3.63) is 53.1 Å². The third kappa shape index (κ3) is 2.87. The van der Waals surface area contributed by atoms with Gasteiger partial charge in [-0.3, -0.25) is 0 Å². The first kappa shape index (κ1) is 14.6. The zero-order valence-electron chi connectivity index (χ0n) is 13.1. The van der Waals surface area contributed by atoms with E-state index in [2.05, 4.69) is 58.9 Å². The van der Waals surface area contributed by atoms with Crippen LogP contribution in [-0.2, 0) is 0 Å². The average Bonchev–Trinajstić information content (AvgIpc) is 2.39. The average molecular weight is 268 g/mol. The van der Waals surface area contributed by atoms with Gasteiger partial charge in [-0.15, -0.1) is 0 Å². The Hall–Kier alpha value is -1.76. The van der Waals surface area contributed by atoms with Crippen LogP contribution in [0, 0.1) is 6.92 Å². The van der Waals surface area contributed by atoms with E-state index in [1.54, 1.807) is 6.07 Å². The van der Waals surface area contributed by atoms with Gasteiger partial charge in [0.05, 0.1) is 0 Å². The monoisotopic (exact) mass is 268 g/mol. The number of phenols is 1. The lowest BCUT2D eigenvalue weighted by molar-refractivity contribution is 0.465. The van der Waals surface area contributed by atoms with Gasteiger partial charge in [-0.2, -0.15) is 0 Å². The predicted octanol–water partition coefficient (Wildman–Crippen LogP) is 5.61. The molecule has 0 aliphatic carbocycles. The van der Waals surface area contributed by atoms with Gasteiger partial charge in [0, 0.05) is 0 Å². The second kappa shape index (κ2) is 5.70. The first-order chi connectivity index (χ1) is 9.40. The fraction of sp³-hybridized carbons (Fsp3) is 0.368. The minimum Gasteiger partial charge on any atom is -0.508 e. The van der Waals surface area contributed by atoms with Crippen LogP contribution in [0.1, 0.15) is 56.2 Å². The van der Waals surface area contributed by atoms with Crippen LogP contribution in [0.15, 0.2) is 36.4 Å². The number of phenolic OH excluding ortho intramolecular Hbond substituents is 1.